The Kier molecular flexibility index (Phi) is 7.16. The first-order valence-electron chi connectivity index (χ1n) is 9.57. The van der Waals surface area contributed by atoms with E-state index in [1.807, 2.05) is 50.2 Å². The van der Waals surface area contributed by atoms with E-state index in [9.17, 15) is 4.79 Å². The van der Waals surface area contributed by atoms with Crippen molar-refractivity contribution in [1.29, 1.82) is 0 Å². The minimum Gasteiger partial charge on any atom is -0.379 e. The smallest absolute Gasteiger partial charge is 0.251 e. The van der Waals surface area contributed by atoms with Crippen LogP contribution < -0.4 is 5.32 Å². The van der Waals surface area contributed by atoms with Gasteiger partial charge in [0.05, 0.1) is 11.8 Å². The molecule has 0 radical (unpaired) electrons. The summed E-state index contributed by atoms with van der Waals surface area (Å²) in [6.07, 6.45) is 1.79. The summed E-state index contributed by atoms with van der Waals surface area (Å²) < 4.78 is 5.50. The van der Waals surface area contributed by atoms with E-state index in [0.29, 0.717) is 23.7 Å². The summed E-state index contributed by atoms with van der Waals surface area (Å²) in [5, 5.41) is 3.66. The molecule has 6 heteroatoms. The van der Waals surface area contributed by atoms with Crippen LogP contribution in [0.5, 0.6) is 0 Å². The SMILES string of the molecule is CCC1=Nc2cc(C(=O)NCCCOC(C)C)ccc2Sc2ccc(Cl)cc21. The summed E-state index contributed by atoms with van der Waals surface area (Å²) in [4.78, 5) is 19.5. The van der Waals surface area contributed by atoms with Crippen molar-refractivity contribution in [2.75, 3.05) is 13.2 Å². The van der Waals surface area contributed by atoms with Gasteiger partial charge in [0.2, 0.25) is 0 Å². The number of rotatable bonds is 7. The molecular weight excluding hydrogens is 392 g/mol. The molecule has 0 aromatic heterocycles. The Labute approximate surface area is 175 Å². The normalized spacial score (nSPS) is 12.8. The van der Waals surface area contributed by atoms with Gasteiger partial charge in [0, 0.05) is 44.8 Å². The number of carbonyl (C=O) groups excluding carboxylic acids is 1. The third-order valence-electron chi connectivity index (χ3n) is 4.34. The van der Waals surface area contributed by atoms with Crippen LogP contribution >= 0.6 is 23.4 Å². The highest BCUT2D eigenvalue weighted by Gasteiger charge is 2.18. The summed E-state index contributed by atoms with van der Waals surface area (Å²) in [6.45, 7) is 7.32. The van der Waals surface area contributed by atoms with Crippen LogP contribution in [0.15, 0.2) is 51.2 Å². The highest BCUT2D eigenvalue weighted by Crippen LogP contribution is 2.41. The zero-order valence-corrected chi connectivity index (χ0v) is 18.0. The molecule has 0 bridgehead atoms. The van der Waals surface area contributed by atoms with Crippen molar-refractivity contribution in [3.63, 3.8) is 0 Å². The van der Waals surface area contributed by atoms with E-state index in [4.69, 9.17) is 21.3 Å². The monoisotopic (exact) mass is 416 g/mol. The highest BCUT2D eigenvalue weighted by atomic mass is 35.5. The molecule has 1 heterocycles. The van der Waals surface area contributed by atoms with Gasteiger partial charge in [0.15, 0.2) is 0 Å². The molecule has 0 aliphatic carbocycles. The summed E-state index contributed by atoms with van der Waals surface area (Å²) in [6, 6.07) is 11.6. The lowest BCUT2D eigenvalue weighted by atomic mass is 10.1. The number of halogens is 1. The first kappa shape index (κ1) is 20.9. The number of ether oxygens (including phenoxy) is 1. The van der Waals surface area contributed by atoms with Crippen molar-refractivity contribution < 1.29 is 9.53 Å². The van der Waals surface area contributed by atoms with E-state index in [1.54, 1.807) is 11.8 Å². The quantitative estimate of drug-likeness (QED) is 0.573. The van der Waals surface area contributed by atoms with Crippen molar-refractivity contribution in [2.24, 2.45) is 4.99 Å². The van der Waals surface area contributed by atoms with Crippen LogP contribution in [-0.4, -0.2) is 30.9 Å². The lowest BCUT2D eigenvalue weighted by Gasteiger charge is -2.09. The van der Waals surface area contributed by atoms with Crippen molar-refractivity contribution in [3.8, 4) is 0 Å². The molecule has 1 amide bonds. The van der Waals surface area contributed by atoms with Crippen LogP contribution in [0.25, 0.3) is 0 Å². The molecule has 0 saturated heterocycles. The van der Waals surface area contributed by atoms with Crippen molar-refractivity contribution >= 4 is 40.7 Å². The molecule has 1 N–H and O–H groups in total. The van der Waals surface area contributed by atoms with E-state index in [-0.39, 0.29) is 12.0 Å². The average molecular weight is 417 g/mol. The number of amides is 1. The molecule has 2 aromatic rings. The fourth-order valence-corrected chi connectivity index (χ4v) is 4.11. The topological polar surface area (TPSA) is 50.7 Å². The fraction of sp³-hybridized carbons (Fsp3) is 0.364. The Hall–Kier alpha value is -1.82. The van der Waals surface area contributed by atoms with E-state index >= 15 is 0 Å². The van der Waals surface area contributed by atoms with Crippen LogP contribution in [0, 0.1) is 0 Å². The van der Waals surface area contributed by atoms with Gasteiger partial charge in [-0.25, -0.2) is 0 Å². The van der Waals surface area contributed by atoms with Crippen LogP contribution in [0.4, 0.5) is 5.69 Å². The Balaban J connectivity index is 1.76. The molecule has 2 aromatic carbocycles. The van der Waals surface area contributed by atoms with Crippen LogP contribution in [0.1, 0.15) is 49.5 Å². The first-order valence-corrected chi connectivity index (χ1v) is 10.8. The third kappa shape index (κ3) is 5.16. The summed E-state index contributed by atoms with van der Waals surface area (Å²) in [5.41, 5.74) is 3.48. The van der Waals surface area contributed by atoms with Crippen LogP contribution in [-0.2, 0) is 4.74 Å². The lowest BCUT2D eigenvalue weighted by molar-refractivity contribution is 0.0757. The molecule has 0 unspecified atom stereocenters. The standard InChI is InChI=1S/C22H25ClN2O2S/c1-4-18-17-13-16(23)7-9-20(17)28-21-8-6-15(12-19(21)25-18)22(26)24-10-5-11-27-14(2)3/h6-9,12-14H,4-5,10-11H2,1-3H3,(H,24,26). The summed E-state index contributed by atoms with van der Waals surface area (Å²) >= 11 is 7.85. The molecule has 148 valence electrons. The number of aliphatic imine (C=N–C) groups is 1. The maximum atomic E-state index is 12.5. The number of nitrogens with zero attached hydrogens (tertiary/aromatic N) is 1. The average Bonchev–Trinajstić information content (AvgIpc) is 2.82. The maximum absolute atomic E-state index is 12.5. The van der Waals surface area contributed by atoms with E-state index in [0.717, 1.165) is 39.6 Å². The van der Waals surface area contributed by atoms with Gasteiger partial charge >= 0.3 is 0 Å². The summed E-state index contributed by atoms with van der Waals surface area (Å²) in [7, 11) is 0. The number of hydrogen-bond acceptors (Lipinski definition) is 4. The molecular formula is C22H25ClN2O2S. The molecule has 0 spiro atoms. The van der Waals surface area contributed by atoms with Gasteiger partial charge in [-0.2, -0.15) is 0 Å². The van der Waals surface area contributed by atoms with Gasteiger partial charge in [-0.1, -0.05) is 30.3 Å². The fourth-order valence-electron chi connectivity index (χ4n) is 2.94. The summed E-state index contributed by atoms with van der Waals surface area (Å²) in [5.74, 6) is -0.0876. The predicted molar refractivity (Wildman–Crippen MR) is 117 cm³/mol. The molecule has 28 heavy (non-hydrogen) atoms. The second-order valence-corrected chi connectivity index (χ2v) is 8.39. The molecule has 0 fully saturated rings. The van der Waals surface area contributed by atoms with Gasteiger partial charge in [0.1, 0.15) is 0 Å². The van der Waals surface area contributed by atoms with Crippen molar-refractivity contribution in [1.82, 2.24) is 5.32 Å². The van der Waals surface area contributed by atoms with Gasteiger partial charge in [-0.3, -0.25) is 9.79 Å². The molecule has 4 nitrogen and oxygen atoms in total. The Morgan fingerprint density at radius 2 is 2.00 bits per heavy atom. The Morgan fingerprint density at radius 1 is 1.21 bits per heavy atom. The van der Waals surface area contributed by atoms with Gasteiger partial charge in [-0.15, -0.1) is 0 Å². The van der Waals surface area contributed by atoms with Crippen LogP contribution in [0.2, 0.25) is 5.02 Å². The second-order valence-electron chi connectivity index (χ2n) is 6.87. The number of benzene rings is 2. The van der Waals surface area contributed by atoms with Crippen LogP contribution in [0.3, 0.4) is 0 Å². The highest BCUT2D eigenvalue weighted by molar-refractivity contribution is 7.99. The largest absolute Gasteiger partial charge is 0.379 e. The van der Waals surface area contributed by atoms with E-state index < -0.39 is 0 Å². The minimum atomic E-state index is -0.0876. The van der Waals surface area contributed by atoms with Gasteiger partial charge in [0.25, 0.3) is 5.91 Å². The van der Waals surface area contributed by atoms with Gasteiger partial charge in [-0.05, 0) is 63.1 Å². The number of carbonyl (C=O) groups is 1. The predicted octanol–water partition coefficient (Wildman–Crippen LogP) is 5.88. The lowest BCUT2D eigenvalue weighted by Crippen LogP contribution is -2.25. The zero-order chi connectivity index (χ0) is 20.1. The molecule has 1 aliphatic heterocycles. The van der Waals surface area contributed by atoms with Crippen molar-refractivity contribution in [2.45, 2.75) is 49.5 Å². The molecule has 0 atom stereocenters. The minimum absolute atomic E-state index is 0.0876. The first-order chi connectivity index (χ1) is 13.5. The third-order valence-corrected chi connectivity index (χ3v) is 5.72. The number of hydrogen-bond donors (Lipinski definition) is 1. The van der Waals surface area contributed by atoms with E-state index in [1.165, 1.54) is 0 Å². The molecule has 0 saturated carbocycles. The molecule has 3 rings (SSSR count). The Morgan fingerprint density at radius 3 is 2.75 bits per heavy atom. The Bertz CT molecular complexity index is 896. The van der Waals surface area contributed by atoms with E-state index in [2.05, 4.69) is 12.2 Å². The number of nitrogens with one attached hydrogen (secondary N) is 1. The maximum Gasteiger partial charge on any atom is 0.251 e. The van der Waals surface area contributed by atoms with Gasteiger partial charge < -0.3 is 10.1 Å². The zero-order valence-electron chi connectivity index (χ0n) is 16.4. The van der Waals surface area contributed by atoms with Crippen molar-refractivity contribution in [3.05, 3.63) is 52.5 Å². The second kappa shape index (κ2) is 9.59. The number of fused-ring (bicyclic) bond motifs is 2. The molecule has 1 aliphatic rings.